The molecule has 0 amide bonds. The molecule has 0 aliphatic carbocycles. The molecule has 3 aromatic carbocycles. The normalized spacial score (nSPS) is 11.9. The first kappa shape index (κ1) is 22.8. The molecule has 0 aliphatic heterocycles. The van der Waals surface area contributed by atoms with Crippen LogP contribution in [-0.4, -0.2) is 22.4 Å². The second-order valence-corrected chi connectivity index (χ2v) is 7.29. The highest BCUT2D eigenvalue weighted by atomic mass is 19.4. The van der Waals surface area contributed by atoms with E-state index >= 15 is 0 Å². The van der Waals surface area contributed by atoms with Gasteiger partial charge in [0.1, 0.15) is 18.1 Å². The average Bonchev–Trinajstić information content (AvgIpc) is 2.81. The Morgan fingerprint density at radius 1 is 0.882 bits per heavy atom. The van der Waals surface area contributed by atoms with Crippen LogP contribution in [0.25, 0.3) is 22.6 Å². The average molecular weight is 465 g/mol. The summed E-state index contributed by atoms with van der Waals surface area (Å²) in [6, 6.07) is 23.0. The molecule has 0 saturated carbocycles. The Morgan fingerprint density at radius 3 is 2.24 bits per heavy atom. The molecule has 1 N–H and O–H groups in total. The van der Waals surface area contributed by atoms with Gasteiger partial charge in [0, 0.05) is 5.39 Å². The first-order chi connectivity index (χ1) is 16.3. The third-order valence-corrected chi connectivity index (χ3v) is 4.86. The van der Waals surface area contributed by atoms with Crippen molar-refractivity contribution in [2.75, 3.05) is 0 Å². The molecular formula is C26H18F3NO4. The zero-order valence-corrected chi connectivity index (χ0v) is 17.6. The molecule has 0 radical (unpaired) electrons. The predicted octanol–water partition coefficient (Wildman–Crippen LogP) is 6.34. The number of carboxylic acids is 1. The molecule has 4 aromatic rings. The van der Waals surface area contributed by atoms with Crippen LogP contribution in [-0.2, 0) is 11.4 Å². The number of ether oxygens (including phenoxy) is 2. The minimum atomic E-state index is -4.79. The topological polar surface area (TPSA) is 68.7 Å². The van der Waals surface area contributed by atoms with Crippen molar-refractivity contribution in [1.29, 1.82) is 0 Å². The number of nitrogens with zero attached hydrogens (tertiary/aromatic N) is 1. The molecule has 0 atom stereocenters. The number of alkyl halides is 3. The van der Waals surface area contributed by atoms with Crippen LogP contribution in [0.2, 0.25) is 0 Å². The van der Waals surface area contributed by atoms with E-state index in [-0.39, 0.29) is 17.9 Å². The number of fused-ring (bicyclic) bond motifs is 1. The van der Waals surface area contributed by atoms with E-state index in [2.05, 4.69) is 9.72 Å². The largest absolute Gasteiger partial charge is 0.573 e. The molecule has 0 spiro atoms. The first-order valence-electron chi connectivity index (χ1n) is 10.2. The van der Waals surface area contributed by atoms with Crippen LogP contribution in [0, 0.1) is 0 Å². The van der Waals surface area contributed by atoms with Gasteiger partial charge in [-0.15, -0.1) is 13.2 Å². The molecule has 1 aromatic heterocycles. The zero-order chi connectivity index (χ0) is 24.1. The van der Waals surface area contributed by atoms with Gasteiger partial charge in [0.25, 0.3) is 0 Å². The summed E-state index contributed by atoms with van der Waals surface area (Å²) in [6.45, 7) is 0.248. The van der Waals surface area contributed by atoms with Gasteiger partial charge in [-0.1, -0.05) is 48.5 Å². The fourth-order valence-electron chi connectivity index (χ4n) is 3.28. The van der Waals surface area contributed by atoms with Crippen LogP contribution in [0.5, 0.6) is 11.5 Å². The maximum Gasteiger partial charge on any atom is 0.573 e. The van der Waals surface area contributed by atoms with Gasteiger partial charge in [-0.2, -0.15) is 0 Å². The molecule has 0 aliphatic rings. The van der Waals surface area contributed by atoms with Gasteiger partial charge < -0.3 is 14.6 Å². The molecule has 8 heteroatoms. The van der Waals surface area contributed by atoms with Gasteiger partial charge in [0.15, 0.2) is 0 Å². The van der Waals surface area contributed by atoms with Crippen LogP contribution in [0.15, 0.2) is 84.9 Å². The Balaban J connectivity index is 1.46. The quantitative estimate of drug-likeness (QED) is 0.255. The highest BCUT2D eigenvalue weighted by Gasteiger charge is 2.30. The van der Waals surface area contributed by atoms with E-state index in [9.17, 15) is 23.1 Å². The number of hydrogen-bond acceptors (Lipinski definition) is 4. The number of aliphatic carboxylic acids is 1. The van der Waals surface area contributed by atoms with Gasteiger partial charge in [-0.3, -0.25) is 0 Å². The molecule has 4 rings (SSSR count). The molecule has 1 heterocycles. The van der Waals surface area contributed by atoms with Crippen LogP contribution >= 0.6 is 0 Å². The summed E-state index contributed by atoms with van der Waals surface area (Å²) in [5, 5.41) is 10.7. The Hall–Kier alpha value is -4.33. The Morgan fingerprint density at radius 2 is 1.56 bits per heavy atom. The van der Waals surface area contributed by atoms with Crippen molar-refractivity contribution in [2.45, 2.75) is 13.0 Å². The summed E-state index contributed by atoms with van der Waals surface area (Å²) in [5.41, 5.74) is 2.43. The van der Waals surface area contributed by atoms with Gasteiger partial charge in [0.2, 0.25) is 0 Å². The predicted molar refractivity (Wildman–Crippen MR) is 121 cm³/mol. The highest BCUT2D eigenvalue weighted by molar-refractivity contribution is 6.20. The molecule has 0 saturated heterocycles. The van der Waals surface area contributed by atoms with Crippen molar-refractivity contribution >= 4 is 28.5 Å². The van der Waals surface area contributed by atoms with Gasteiger partial charge >= 0.3 is 12.3 Å². The Bertz CT molecular complexity index is 1330. The third kappa shape index (κ3) is 5.92. The van der Waals surface area contributed by atoms with Crippen molar-refractivity contribution in [3.05, 3.63) is 102 Å². The Labute approximate surface area is 192 Å². The first-order valence-corrected chi connectivity index (χ1v) is 10.2. The molecule has 5 nitrogen and oxygen atoms in total. The molecule has 34 heavy (non-hydrogen) atoms. The zero-order valence-electron chi connectivity index (χ0n) is 17.6. The van der Waals surface area contributed by atoms with E-state index in [1.807, 2.05) is 36.4 Å². The molecule has 0 unspecified atom stereocenters. The summed E-state index contributed by atoms with van der Waals surface area (Å²) in [4.78, 5) is 16.3. The number of para-hydroxylation sites is 1. The van der Waals surface area contributed by atoms with Crippen molar-refractivity contribution in [3.63, 3.8) is 0 Å². The van der Waals surface area contributed by atoms with E-state index in [0.29, 0.717) is 16.9 Å². The van der Waals surface area contributed by atoms with Crippen LogP contribution in [0.1, 0.15) is 16.8 Å². The minimum Gasteiger partial charge on any atom is -0.487 e. The second-order valence-electron chi connectivity index (χ2n) is 7.29. The van der Waals surface area contributed by atoms with E-state index in [1.165, 1.54) is 18.2 Å². The molecule has 172 valence electrons. The van der Waals surface area contributed by atoms with Crippen molar-refractivity contribution < 1.29 is 32.5 Å². The summed E-state index contributed by atoms with van der Waals surface area (Å²) in [7, 11) is 0. The van der Waals surface area contributed by atoms with E-state index in [4.69, 9.17) is 4.74 Å². The fraction of sp³-hybridized carbons (Fsp3) is 0.0769. The van der Waals surface area contributed by atoms with Gasteiger partial charge in [-0.05, 0) is 53.6 Å². The summed E-state index contributed by atoms with van der Waals surface area (Å²) in [6.07, 6.45) is -3.42. The molecule has 0 fully saturated rings. The fourth-order valence-corrected chi connectivity index (χ4v) is 3.28. The molecular weight excluding hydrogens is 447 g/mol. The van der Waals surface area contributed by atoms with Crippen LogP contribution in [0.4, 0.5) is 13.2 Å². The lowest BCUT2D eigenvalue weighted by molar-refractivity contribution is -0.274. The number of carbonyl (C=O) groups is 1. The van der Waals surface area contributed by atoms with Crippen molar-refractivity contribution in [3.8, 4) is 11.5 Å². The van der Waals surface area contributed by atoms with Crippen molar-refractivity contribution in [1.82, 2.24) is 4.98 Å². The van der Waals surface area contributed by atoms with E-state index in [1.54, 1.807) is 24.3 Å². The second kappa shape index (κ2) is 9.66. The molecule has 0 bridgehead atoms. The Kier molecular flexibility index (Phi) is 6.49. The van der Waals surface area contributed by atoms with Crippen molar-refractivity contribution in [2.24, 2.45) is 0 Å². The smallest absolute Gasteiger partial charge is 0.487 e. The van der Waals surface area contributed by atoms with Crippen LogP contribution in [0.3, 0.4) is 0 Å². The number of carboxylic acid groups (broad SMARTS) is 1. The van der Waals surface area contributed by atoms with Gasteiger partial charge in [-0.25, -0.2) is 9.78 Å². The maximum absolute atomic E-state index is 12.3. The van der Waals surface area contributed by atoms with E-state index < -0.39 is 12.3 Å². The third-order valence-electron chi connectivity index (χ3n) is 4.86. The summed E-state index contributed by atoms with van der Waals surface area (Å²) in [5.74, 6) is -1.02. The lowest BCUT2D eigenvalue weighted by atomic mass is 10.0. The lowest BCUT2D eigenvalue weighted by Gasteiger charge is -2.09. The standard InChI is InChI=1S/C26H18F3NO4/c27-26(28,29)34-22-11-5-17(6-12-22)15-23(25(31)32)18-8-13-21(14-9-18)33-16-20-10-7-19-3-1-2-4-24(19)30-20/h1-15H,16H2,(H,31,32)/b23-15+. The lowest BCUT2D eigenvalue weighted by Crippen LogP contribution is -2.16. The SMILES string of the molecule is O=C(O)/C(=C/c1ccc(OC(F)(F)F)cc1)c1ccc(OCc2ccc3ccccc3n2)cc1. The number of benzene rings is 3. The van der Waals surface area contributed by atoms with E-state index in [0.717, 1.165) is 28.7 Å². The summed E-state index contributed by atoms with van der Waals surface area (Å²) < 4.78 is 46.5. The highest BCUT2D eigenvalue weighted by Crippen LogP contribution is 2.26. The number of aromatic nitrogens is 1. The van der Waals surface area contributed by atoms with Crippen LogP contribution < -0.4 is 9.47 Å². The maximum atomic E-state index is 12.3. The minimum absolute atomic E-state index is 0.0211. The number of rotatable bonds is 7. The number of pyridine rings is 1. The number of hydrogen-bond donors (Lipinski definition) is 1. The number of halogens is 3. The monoisotopic (exact) mass is 465 g/mol. The summed E-state index contributed by atoms with van der Waals surface area (Å²) >= 11 is 0. The van der Waals surface area contributed by atoms with Gasteiger partial charge in [0.05, 0.1) is 16.8 Å².